The van der Waals surface area contributed by atoms with E-state index in [-0.39, 0.29) is 23.3 Å². The summed E-state index contributed by atoms with van der Waals surface area (Å²) in [5.41, 5.74) is 2.41. The molecule has 1 saturated carbocycles. The lowest BCUT2D eigenvalue weighted by atomic mass is 9.95. The third kappa shape index (κ3) is 4.53. The van der Waals surface area contributed by atoms with Crippen LogP contribution in [-0.2, 0) is 4.79 Å². The molecule has 1 aliphatic carbocycles. The van der Waals surface area contributed by atoms with Crippen LogP contribution >= 0.6 is 11.8 Å². The van der Waals surface area contributed by atoms with Crippen LogP contribution < -0.4 is 10.9 Å². The predicted octanol–water partition coefficient (Wildman–Crippen LogP) is 4.24. The number of aryl methyl sites for hydroxylation is 1. The van der Waals surface area contributed by atoms with E-state index in [1.54, 1.807) is 10.6 Å². The molecule has 4 rings (SSSR count). The van der Waals surface area contributed by atoms with Crippen LogP contribution in [-0.4, -0.2) is 27.3 Å². The summed E-state index contributed by atoms with van der Waals surface area (Å²) in [6.07, 6.45) is 5.72. The SMILES string of the molecule is Cc1ccc(-n2c(SCC(=O)NC3CCCCC3)nc3ccccc3c2=O)cc1. The Morgan fingerprint density at radius 1 is 1.10 bits per heavy atom. The fourth-order valence-electron chi connectivity index (χ4n) is 3.78. The van der Waals surface area contributed by atoms with E-state index in [0.717, 1.165) is 24.1 Å². The molecule has 29 heavy (non-hydrogen) atoms. The number of nitrogens with one attached hydrogen (secondary N) is 1. The van der Waals surface area contributed by atoms with Gasteiger partial charge in [0.2, 0.25) is 5.91 Å². The van der Waals surface area contributed by atoms with Gasteiger partial charge in [-0.3, -0.25) is 14.2 Å². The van der Waals surface area contributed by atoms with Crippen molar-refractivity contribution in [2.75, 3.05) is 5.75 Å². The Hall–Kier alpha value is -2.60. The Balaban J connectivity index is 1.63. The molecule has 1 N–H and O–H groups in total. The quantitative estimate of drug-likeness (QED) is 0.508. The van der Waals surface area contributed by atoms with Crippen LogP contribution in [0.5, 0.6) is 0 Å². The molecule has 1 heterocycles. The summed E-state index contributed by atoms with van der Waals surface area (Å²) in [6, 6.07) is 15.4. The Morgan fingerprint density at radius 2 is 1.83 bits per heavy atom. The van der Waals surface area contributed by atoms with E-state index in [0.29, 0.717) is 16.1 Å². The molecule has 0 spiro atoms. The minimum absolute atomic E-state index is 0.000219. The summed E-state index contributed by atoms with van der Waals surface area (Å²) < 4.78 is 1.61. The number of carbonyl (C=O) groups excluding carboxylic acids is 1. The molecule has 1 aromatic heterocycles. The third-order valence-corrected chi connectivity index (χ3v) is 6.28. The van der Waals surface area contributed by atoms with Crippen molar-refractivity contribution in [3.05, 3.63) is 64.4 Å². The van der Waals surface area contributed by atoms with E-state index in [1.165, 1.54) is 31.0 Å². The van der Waals surface area contributed by atoms with Crippen LogP contribution in [0.1, 0.15) is 37.7 Å². The highest BCUT2D eigenvalue weighted by Gasteiger charge is 2.18. The number of para-hydroxylation sites is 1. The van der Waals surface area contributed by atoms with Crippen molar-refractivity contribution in [2.45, 2.75) is 50.2 Å². The average Bonchev–Trinajstić information content (AvgIpc) is 2.74. The molecule has 1 amide bonds. The van der Waals surface area contributed by atoms with Crippen molar-refractivity contribution in [2.24, 2.45) is 0 Å². The molecule has 0 radical (unpaired) electrons. The smallest absolute Gasteiger partial charge is 0.266 e. The normalized spacial score (nSPS) is 14.8. The molecule has 0 atom stereocenters. The van der Waals surface area contributed by atoms with E-state index in [1.807, 2.05) is 49.4 Å². The summed E-state index contributed by atoms with van der Waals surface area (Å²) in [5, 5.41) is 4.24. The second-order valence-corrected chi connectivity index (χ2v) is 8.52. The van der Waals surface area contributed by atoms with Crippen molar-refractivity contribution in [3.63, 3.8) is 0 Å². The van der Waals surface area contributed by atoms with E-state index in [2.05, 4.69) is 5.32 Å². The van der Waals surface area contributed by atoms with E-state index in [9.17, 15) is 9.59 Å². The fraction of sp³-hybridized carbons (Fsp3) is 0.348. The van der Waals surface area contributed by atoms with Crippen LogP contribution in [0.25, 0.3) is 16.6 Å². The average molecular weight is 408 g/mol. The molecule has 5 nitrogen and oxygen atoms in total. The van der Waals surface area contributed by atoms with Crippen molar-refractivity contribution in [3.8, 4) is 5.69 Å². The van der Waals surface area contributed by atoms with Crippen molar-refractivity contribution >= 4 is 28.6 Å². The van der Waals surface area contributed by atoms with Gasteiger partial charge in [0, 0.05) is 6.04 Å². The van der Waals surface area contributed by atoms with Gasteiger partial charge >= 0.3 is 0 Å². The number of nitrogens with zero attached hydrogens (tertiary/aromatic N) is 2. The van der Waals surface area contributed by atoms with Gasteiger partial charge in [0.05, 0.1) is 22.3 Å². The summed E-state index contributed by atoms with van der Waals surface area (Å²) in [7, 11) is 0. The number of fused-ring (bicyclic) bond motifs is 1. The van der Waals surface area contributed by atoms with Gasteiger partial charge in [-0.25, -0.2) is 4.98 Å². The first-order chi connectivity index (χ1) is 14.1. The number of aromatic nitrogens is 2. The van der Waals surface area contributed by atoms with Gasteiger partial charge in [-0.2, -0.15) is 0 Å². The fourth-order valence-corrected chi connectivity index (χ4v) is 4.60. The molecule has 0 unspecified atom stereocenters. The van der Waals surface area contributed by atoms with Gasteiger partial charge in [-0.15, -0.1) is 0 Å². The number of amides is 1. The number of hydrogen-bond acceptors (Lipinski definition) is 4. The highest BCUT2D eigenvalue weighted by atomic mass is 32.2. The molecule has 6 heteroatoms. The highest BCUT2D eigenvalue weighted by molar-refractivity contribution is 7.99. The van der Waals surface area contributed by atoms with Crippen LogP contribution in [0, 0.1) is 6.92 Å². The molecule has 0 bridgehead atoms. The van der Waals surface area contributed by atoms with E-state index in [4.69, 9.17) is 4.98 Å². The van der Waals surface area contributed by atoms with Gasteiger partial charge in [-0.05, 0) is 44.0 Å². The molecular formula is C23H25N3O2S. The first-order valence-electron chi connectivity index (χ1n) is 10.1. The molecule has 0 saturated heterocycles. The molecular weight excluding hydrogens is 382 g/mol. The predicted molar refractivity (Wildman–Crippen MR) is 118 cm³/mol. The summed E-state index contributed by atoms with van der Waals surface area (Å²) in [6.45, 7) is 2.01. The largest absolute Gasteiger partial charge is 0.353 e. The van der Waals surface area contributed by atoms with Gasteiger partial charge in [0.1, 0.15) is 0 Å². The maximum absolute atomic E-state index is 13.2. The summed E-state index contributed by atoms with van der Waals surface area (Å²) in [5.74, 6) is 0.243. The molecule has 3 aromatic rings. The van der Waals surface area contributed by atoms with Gasteiger partial charge in [0.15, 0.2) is 5.16 Å². The lowest BCUT2D eigenvalue weighted by Crippen LogP contribution is -2.37. The molecule has 150 valence electrons. The first kappa shape index (κ1) is 19.7. The lowest BCUT2D eigenvalue weighted by molar-refractivity contribution is -0.119. The third-order valence-electron chi connectivity index (χ3n) is 5.34. The van der Waals surface area contributed by atoms with Crippen LogP contribution in [0.3, 0.4) is 0 Å². The highest BCUT2D eigenvalue weighted by Crippen LogP contribution is 2.22. The number of carbonyl (C=O) groups is 1. The molecule has 1 fully saturated rings. The maximum Gasteiger partial charge on any atom is 0.266 e. The van der Waals surface area contributed by atoms with Crippen LogP contribution in [0.2, 0.25) is 0 Å². The maximum atomic E-state index is 13.2. The number of benzene rings is 2. The minimum atomic E-state index is -0.116. The lowest BCUT2D eigenvalue weighted by Gasteiger charge is -2.22. The standard InChI is InChI=1S/C23H25N3O2S/c1-16-11-13-18(14-12-16)26-22(28)19-9-5-6-10-20(19)25-23(26)29-15-21(27)24-17-7-3-2-4-8-17/h5-6,9-14,17H,2-4,7-8,15H2,1H3,(H,24,27). The van der Waals surface area contributed by atoms with Crippen LogP contribution in [0.15, 0.2) is 58.5 Å². The Labute approximate surface area is 174 Å². The van der Waals surface area contributed by atoms with Crippen molar-refractivity contribution in [1.82, 2.24) is 14.9 Å². The van der Waals surface area contributed by atoms with E-state index < -0.39 is 0 Å². The zero-order valence-electron chi connectivity index (χ0n) is 16.6. The first-order valence-corrected chi connectivity index (χ1v) is 11.1. The number of hydrogen-bond donors (Lipinski definition) is 1. The van der Waals surface area contributed by atoms with Gasteiger partial charge in [0.25, 0.3) is 5.56 Å². The van der Waals surface area contributed by atoms with Crippen molar-refractivity contribution in [1.29, 1.82) is 0 Å². The Kier molecular flexibility index (Phi) is 6.00. The van der Waals surface area contributed by atoms with Gasteiger partial charge < -0.3 is 5.32 Å². The second-order valence-electron chi connectivity index (χ2n) is 7.58. The number of rotatable bonds is 5. The number of thioether (sulfide) groups is 1. The van der Waals surface area contributed by atoms with Crippen LogP contribution in [0.4, 0.5) is 0 Å². The molecule has 2 aromatic carbocycles. The summed E-state index contributed by atoms with van der Waals surface area (Å²) in [4.78, 5) is 30.4. The zero-order valence-corrected chi connectivity index (χ0v) is 17.4. The molecule has 1 aliphatic rings. The molecule has 0 aliphatic heterocycles. The van der Waals surface area contributed by atoms with Gasteiger partial charge in [-0.1, -0.05) is 60.9 Å². The summed E-state index contributed by atoms with van der Waals surface area (Å²) >= 11 is 1.31. The monoisotopic (exact) mass is 407 g/mol. The van der Waals surface area contributed by atoms with E-state index >= 15 is 0 Å². The minimum Gasteiger partial charge on any atom is -0.353 e. The Morgan fingerprint density at radius 3 is 2.59 bits per heavy atom. The zero-order chi connectivity index (χ0) is 20.2. The second kappa shape index (κ2) is 8.82. The Bertz CT molecular complexity index is 1070. The topological polar surface area (TPSA) is 64.0 Å². The van der Waals surface area contributed by atoms with Crippen molar-refractivity contribution < 1.29 is 4.79 Å².